The summed E-state index contributed by atoms with van der Waals surface area (Å²) in [5, 5.41) is 17.6. The molecule has 0 unspecified atom stereocenters. The SMILES string of the molecule is Cc1c(C#CCCO)cccc1CO. The largest absolute Gasteiger partial charge is 0.395 e. The fourth-order valence-corrected chi connectivity index (χ4v) is 1.20. The van der Waals surface area contributed by atoms with Crippen LogP contribution < -0.4 is 0 Å². The maximum atomic E-state index is 9.03. The topological polar surface area (TPSA) is 40.5 Å². The quantitative estimate of drug-likeness (QED) is 0.688. The summed E-state index contributed by atoms with van der Waals surface area (Å²) in [6, 6.07) is 5.67. The van der Waals surface area contributed by atoms with Gasteiger partial charge in [-0.05, 0) is 24.1 Å². The van der Waals surface area contributed by atoms with Gasteiger partial charge in [0.15, 0.2) is 0 Å². The lowest BCUT2D eigenvalue weighted by atomic mass is 10.0. The zero-order valence-electron chi connectivity index (χ0n) is 8.25. The lowest BCUT2D eigenvalue weighted by Crippen LogP contribution is -1.91. The standard InChI is InChI=1S/C12H14O2/c1-10-11(5-2-3-8-13)6-4-7-12(10)9-14/h4,6-7,13-14H,3,8-9H2,1H3. The van der Waals surface area contributed by atoms with Crippen molar-refractivity contribution in [3.05, 3.63) is 34.9 Å². The van der Waals surface area contributed by atoms with Gasteiger partial charge in [0.25, 0.3) is 0 Å². The molecule has 1 rings (SSSR count). The average Bonchev–Trinajstić information content (AvgIpc) is 2.21. The molecule has 0 aliphatic carbocycles. The van der Waals surface area contributed by atoms with Crippen molar-refractivity contribution in [1.82, 2.24) is 0 Å². The Morgan fingerprint density at radius 2 is 2.07 bits per heavy atom. The maximum Gasteiger partial charge on any atom is 0.0684 e. The summed E-state index contributed by atoms with van der Waals surface area (Å²) in [6.45, 7) is 2.07. The Hall–Kier alpha value is -1.30. The third kappa shape index (κ3) is 2.59. The van der Waals surface area contributed by atoms with E-state index in [1.165, 1.54) is 0 Å². The molecule has 1 aromatic carbocycles. The van der Waals surface area contributed by atoms with Crippen LogP contribution in [0.1, 0.15) is 23.1 Å². The molecule has 0 radical (unpaired) electrons. The second kappa shape index (κ2) is 5.43. The highest BCUT2D eigenvalue weighted by Crippen LogP contribution is 2.12. The molecule has 2 nitrogen and oxygen atoms in total. The van der Waals surface area contributed by atoms with Gasteiger partial charge in [-0.2, -0.15) is 0 Å². The van der Waals surface area contributed by atoms with E-state index in [1.807, 2.05) is 25.1 Å². The van der Waals surface area contributed by atoms with E-state index in [9.17, 15) is 0 Å². The van der Waals surface area contributed by atoms with Crippen LogP contribution in [0.15, 0.2) is 18.2 Å². The van der Waals surface area contributed by atoms with Crippen LogP contribution in [0.4, 0.5) is 0 Å². The van der Waals surface area contributed by atoms with E-state index in [4.69, 9.17) is 10.2 Å². The number of hydrogen-bond acceptors (Lipinski definition) is 2. The zero-order valence-corrected chi connectivity index (χ0v) is 8.25. The van der Waals surface area contributed by atoms with Crippen LogP contribution >= 0.6 is 0 Å². The van der Waals surface area contributed by atoms with Crippen LogP contribution in [0.3, 0.4) is 0 Å². The van der Waals surface area contributed by atoms with Crippen molar-refractivity contribution in [2.75, 3.05) is 6.61 Å². The molecule has 0 aromatic heterocycles. The first-order valence-corrected chi connectivity index (χ1v) is 4.58. The summed E-state index contributed by atoms with van der Waals surface area (Å²) in [5.41, 5.74) is 2.84. The summed E-state index contributed by atoms with van der Waals surface area (Å²) in [6.07, 6.45) is 0.489. The molecule has 0 spiro atoms. The molecule has 0 atom stereocenters. The van der Waals surface area contributed by atoms with Gasteiger partial charge < -0.3 is 10.2 Å². The molecule has 0 saturated carbocycles. The van der Waals surface area contributed by atoms with E-state index in [0.717, 1.165) is 16.7 Å². The van der Waals surface area contributed by atoms with E-state index in [-0.39, 0.29) is 13.2 Å². The van der Waals surface area contributed by atoms with E-state index >= 15 is 0 Å². The smallest absolute Gasteiger partial charge is 0.0684 e. The highest BCUT2D eigenvalue weighted by molar-refractivity contribution is 5.44. The molecule has 0 heterocycles. The lowest BCUT2D eigenvalue weighted by molar-refractivity contribution is 0.281. The first-order valence-electron chi connectivity index (χ1n) is 4.58. The highest BCUT2D eigenvalue weighted by Gasteiger charge is 1.99. The summed E-state index contributed by atoms with van der Waals surface area (Å²) in [7, 11) is 0. The van der Waals surface area contributed by atoms with Gasteiger partial charge in [-0.1, -0.05) is 24.0 Å². The Labute approximate surface area is 84.2 Å². The number of benzene rings is 1. The van der Waals surface area contributed by atoms with Gasteiger partial charge in [0.2, 0.25) is 0 Å². The second-order valence-corrected chi connectivity index (χ2v) is 3.02. The van der Waals surface area contributed by atoms with E-state index in [1.54, 1.807) is 0 Å². The van der Waals surface area contributed by atoms with Crippen molar-refractivity contribution in [1.29, 1.82) is 0 Å². The normalized spacial score (nSPS) is 9.36. The highest BCUT2D eigenvalue weighted by atomic mass is 16.3. The molecule has 2 heteroatoms. The van der Waals surface area contributed by atoms with Crippen molar-refractivity contribution in [3.8, 4) is 11.8 Å². The molecule has 2 N–H and O–H groups in total. The summed E-state index contributed by atoms with van der Waals surface area (Å²) in [4.78, 5) is 0. The van der Waals surface area contributed by atoms with Gasteiger partial charge >= 0.3 is 0 Å². The first-order chi connectivity index (χ1) is 6.79. The second-order valence-electron chi connectivity index (χ2n) is 3.02. The predicted octanol–water partition coefficient (Wildman–Crippen LogP) is 1.22. The molecular weight excluding hydrogens is 176 g/mol. The van der Waals surface area contributed by atoms with Crippen LogP contribution in [0.2, 0.25) is 0 Å². The Balaban J connectivity index is 2.94. The predicted molar refractivity (Wildman–Crippen MR) is 55.7 cm³/mol. The molecule has 0 fully saturated rings. The van der Waals surface area contributed by atoms with Gasteiger partial charge in [-0.15, -0.1) is 0 Å². The van der Waals surface area contributed by atoms with Crippen molar-refractivity contribution < 1.29 is 10.2 Å². The minimum absolute atomic E-state index is 0.0430. The third-order valence-corrected chi connectivity index (χ3v) is 2.08. The third-order valence-electron chi connectivity index (χ3n) is 2.08. The summed E-state index contributed by atoms with van der Waals surface area (Å²) < 4.78 is 0. The minimum atomic E-state index is 0.0430. The van der Waals surface area contributed by atoms with Crippen LogP contribution in [-0.4, -0.2) is 16.8 Å². The number of aliphatic hydroxyl groups is 2. The Morgan fingerprint density at radius 1 is 1.29 bits per heavy atom. The molecular formula is C12H14O2. The monoisotopic (exact) mass is 190 g/mol. The van der Waals surface area contributed by atoms with Gasteiger partial charge in [0.1, 0.15) is 0 Å². The van der Waals surface area contributed by atoms with Crippen molar-refractivity contribution in [3.63, 3.8) is 0 Å². The molecule has 0 bridgehead atoms. The maximum absolute atomic E-state index is 9.03. The average molecular weight is 190 g/mol. The molecule has 1 aromatic rings. The molecule has 0 aliphatic heterocycles. The molecule has 0 saturated heterocycles. The van der Waals surface area contributed by atoms with Crippen LogP contribution in [0, 0.1) is 18.8 Å². The van der Waals surface area contributed by atoms with Crippen LogP contribution in [0.25, 0.3) is 0 Å². The van der Waals surface area contributed by atoms with Crippen LogP contribution in [0.5, 0.6) is 0 Å². The molecule has 0 amide bonds. The van der Waals surface area contributed by atoms with E-state index in [0.29, 0.717) is 6.42 Å². The van der Waals surface area contributed by atoms with E-state index in [2.05, 4.69) is 11.8 Å². The molecule has 74 valence electrons. The Bertz CT molecular complexity index is 358. The Kier molecular flexibility index (Phi) is 4.18. The number of rotatable bonds is 2. The fourth-order valence-electron chi connectivity index (χ4n) is 1.20. The lowest BCUT2D eigenvalue weighted by Gasteiger charge is -2.03. The molecule has 14 heavy (non-hydrogen) atoms. The summed E-state index contributed by atoms with van der Waals surface area (Å²) in [5.74, 6) is 5.83. The van der Waals surface area contributed by atoms with Crippen molar-refractivity contribution >= 4 is 0 Å². The van der Waals surface area contributed by atoms with E-state index < -0.39 is 0 Å². The van der Waals surface area contributed by atoms with Crippen LogP contribution in [-0.2, 0) is 6.61 Å². The van der Waals surface area contributed by atoms with Gasteiger partial charge in [-0.3, -0.25) is 0 Å². The zero-order chi connectivity index (χ0) is 10.4. The summed E-state index contributed by atoms with van der Waals surface area (Å²) >= 11 is 0. The number of aliphatic hydroxyl groups excluding tert-OH is 2. The fraction of sp³-hybridized carbons (Fsp3) is 0.333. The van der Waals surface area contributed by atoms with Gasteiger partial charge in [0.05, 0.1) is 13.2 Å². The molecule has 0 aliphatic rings. The van der Waals surface area contributed by atoms with Gasteiger partial charge in [-0.25, -0.2) is 0 Å². The van der Waals surface area contributed by atoms with Gasteiger partial charge in [0, 0.05) is 12.0 Å². The minimum Gasteiger partial charge on any atom is -0.395 e. The Morgan fingerprint density at radius 3 is 2.71 bits per heavy atom. The van der Waals surface area contributed by atoms with Crippen molar-refractivity contribution in [2.45, 2.75) is 20.0 Å². The number of hydrogen-bond donors (Lipinski definition) is 2. The first kappa shape index (κ1) is 10.8. The van der Waals surface area contributed by atoms with Crippen molar-refractivity contribution in [2.24, 2.45) is 0 Å².